The first-order chi connectivity index (χ1) is 4.36. The van der Waals surface area contributed by atoms with E-state index in [1.54, 1.807) is 14.2 Å². The number of likely N-dealkylation sites (tertiary alicyclic amines) is 1. The van der Waals surface area contributed by atoms with Gasteiger partial charge >= 0.3 is 0 Å². The lowest BCUT2D eigenvalue weighted by molar-refractivity contribution is -0.0751. The van der Waals surface area contributed by atoms with Crippen LogP contribution in [0.3, 0.4) is 0 Å². The van der Waals surface area contributed by atoms with Gasteiger partial charge in [0.15, 0.2) is 0 Å². The van der Waals surface area contributed by atoms with E-state index >= 15 is 0 Å². The average Bonchev–Trinajstić information content (AvgIpc) is 1.77. The molecule has 3 heteroatoms. The number of nitrogens with zero attached hydrogens (tertiary/aromatic N) is 1. The van der Waals surface area contributed by atoms with E-state index in [1.165, 1.54) is 0 Å². The third-order valence-electron chi connectivity index (χ3n) is 1.57. The predicted molar refractivity (Wildman–Crippen MR) is 34.2 cm³/mol. The summed E-state index contributed by atoms with van der Waals surface area (Å²) < 4.78 is 9.97. The highest BCUT2D eigenvalue weighted by Gasteiger charge is 2.25. The van der Waals surface area contributed by atoms with Gasteiger partial charge in [-0.25, -0.2) is 0 Å². The Balaban J connectivity index is 1.98. The topological polar surface area (TPSA) is 21.7 Å². The summed E-state index contributed by atoms with van der Waals surface area (Å²) in [5.41, 5.74) is 0. The van der Waals surface area contributed by atoms with Gasteiger partial charge < -0.3 is 9.47 Å². The van der Waals surface area contributed by atoms with Gasteiger partial charge in [0.05, 0.1) is 12.8 Å². The Morgan fingerprint density at radius 1 is 1.44 bits per heavy atom. The molecule has 1 fully saturated rings. The van der Waals surface area contributed by atoms with Crippen LogP contribution in [0.2, 0.25) is 0 Å². The summed E-state index contributed by atoms with van der Waals surface area (Å²) in [7, 11) is 3.45. The smallest absolute Gasteiger partial charge is 0.0988 e. The zero-order valence-corrected chi connectivity index (χ0v) is 5.96. The molecule has 9 heavy (non-hydrogen) atoms. The van der Waals surface area contributed by atoms with Crippen molar-refractivity contribution in [1.82, 2.24) is 4.90 Å². The van der Waals surface area contributed by atoms with Crippen molar-refractivity contribution in [1.29, 1.82) is 0 Å². The Morgan fingerprint density at radius 2 is 2.11 bits per heavy atom. The molecule has 0 spiro atoms. The molecule has 0 N–H and O–H groups in total. The van der Waals surface area contributed by atoms with Crippen molar-refractivity contribution in [2.24, 2.45) is 0 Å². The SMILES string of the molecule is COCN1CC(OC)C1. The average molecular weight is 131 g/mol. The van der Waals surface area contributed by atoms with Crippen molar-refractivity contribution >= 4 is 0 Å². The molecule has 1 aliphatic rings. The van der Waals surface area contributed by atoms with E-state index in [0.717, 1.165) is 19.8 Å². The second-order valence-electron chi connectivity index (χ2n) is 2.31. The van der Waals surface area contributed by atoms with Crippen molar-refractivity contribution in [2.75, 3.05) is 34.0 Å². The number of hydrogen-bond acceptors (Lipinski definition) is 3. The van der Waals surface area contributed by atoms with Crippen LogP contribution in [0.4, 0.5) is 0 Å². The van der Waals surface area contributed by atoms with Crippen LogP contribution in [0.1, 0.15) is 0 Å². The Kier molecular flexibility index (Phi) is 2.45. The van der Waals surface area contributed by atoms with Crippen molar-refractivity contribution in [3.8, 4) is 0 Å². The van der Waals surface area contributed by atoms with Crippen LogP contribution >= 0.6 is 0 Å². The van der Waals surface area contributed by atoms with Crippen molar-refractivity contribution in [2.45, 2.75) is 6.10 Å². The molecule has 1 heterocycles. The number of methoxy groups -OCH3 is 2. The highest BCUT2D eigenvalue weighted by atomic mass is 16.5. The van der Waals surface area contributed by atoms with Crippen LogP contribution in [-0.4, -0.2) is 45.0 Å². The largest absolute Gasteiger partial charge is 0.379 e. The van der Waals surface area contributed by atoms with Crippen LogP contribution in [-0.2, 0) is 9.47 Å². The fourth-order valence-electron chi connectivity index (χ4n) is 0.960. The van der Waals surface area contributed by atoms with Crippen LogP contribution in [0.15, 0.2) is 0 Å². The quantitative estimate of drug-likeness (QED) is 0.534. The minimum atomic E-state index is 0.445. The highest BCUT2D eigenvalue weighted by molar-refractivity contribution is 4.77. The summed E-state index contributed by atoms with van der Waals surface area (Å²) in [5.74, 6) is 0. The van der Waals surface area contributed by atoms with Gasteiger partial charge in [-0.05, 0) is 0 Å². The molecule has 0 saturated carbocycles. The molecule has 0 aromatic heterocycles. The van der Waals surface area contributed by atoms with Crippen molar-refractivity contribution < 1.29 is 9.47 Å². The predicted octanol–water partition coefficient (Wildman–Crippen LogP) is -0.0791. The first-order valence-corrected chi connectivity index (χ1v) is 3.11. The second kappa shape index (κ2) is 3.15. The van der Waals surface area contributed by atoms with Crippen LogP contribution < -0.4 is 0 Å². The zero-order valence-electron chi connectivity index (χ0n) is 5.96. The Hall–Kier alpha value is -0.120. The van der Waals surface area contributed by atoms with E-state index in [0.29, 0.717) is 6.10 Å². The van der Waals surface area contributed by atoms with E-state index in [1.807, 2.05) is 0 Å². The number of ether oxygens (including phenoxy) is 2. The molecule has 0 bridgehead atoms. The van der Waals surface area contributed by atoms with Gasteiger partial charge in [0.25, 0.3) is 0 Å². The summed E-state index contributed by atoms with van der Waals surface area (Å²) >= 11 is 0. The zero-order chi connectivity index (χ0) is 6.69. The van der Waals surface area contributed by atoms with Crippen LogP contribution in [0.25, 0.3) is 0 Å². The minimum Gasteiger partial charge on any atom is -0.379 e. The van der Waals surface area contributed by atoms with E-state index in [9.17, 15) is 0 Å². The lowest BCUT2D eigenvalue weighted by Gasteiger charge is -2.37. The van der Waals surface area contributed by atoms with E-state index in [2.05, 4.69) is 4.90 Å². The monoisotopic (exact) mass is 131 g/mol. The molecule has 3 nitrogen and oxygen atoms in total. The lowest BCUT2D eigenvalue weighted by atomic mass is 10.2. The lowest BCUT2D eigenvalue weighted by Crippen LogP contribution is -2.52. The van der Waals surface area contributed by atoms with Crippen molar-refractivity contribution in [3.63, 3.8) is 0 Å². The van der Waals surface area contributed by atoms with Gasteiger partial charge in [-0.2, -0.15) is 0 Å². The summed E-state index contributed by atoms with van der Waals surface area (Å²) in [4.78, 5) is 2.19. The van der Waals surface area contributed by atoms with E-state index < -0.39 is 0 Å². The highest BCUT2D eigenvalue weighted by Crippen LogP contribution is 2.08. The molecule has 1 rings (SSSR count). The molecule has 54 valence electrons. The molecule has 0 radical (unpaired) electrons. The standard InChI is InChI=1S/C6H13NO2/c1-8-5-7-3-6(4-7)9-2/h6H,3-5H2,1-2H3. The van der Waals surface area contributed by atoms with Gasteiger partial charge in [0.2, 0.25) is 0 Å². The fraction of sp³-hybridized carbons (Fsp3) is 1.00. The number of rotatable bonds is 3. The Morgan fingerprint density at radius 3 is 2.56 bits per heavy atom. The summed E-state index contributed by atoms with van der Waals surface area (Å²) in [6.45, 7) is 2.77. The van der Waals surface area contributed by atoms with Gasteiger partial charge in [-0.3, -0.25) is 4.90 Å². The van der Waals surface area contributed by atoms with Gasteiger partial charge in [0.1, 0.15) is 0 Å². The third kappa shape index (κ3) is 1.64. The first kappa shape index (κ1) is 6.99. The van der Waals surface area contributed by atoms with Gasteiger partial charge in [0, 0.05) is 27.3 Å². The first-order valence-electron chi connectivity index (χ1n) is 3.11. The molecule has 0 aromatic carbocycles. The van der Waals surface area contributed by atoms with Gasteiger partial charge in [-0.1, -0.05) is 0 Å². The molecular weight excluding hydrogens is 118 g/mol. The Bertz CT molecular complexity index is 81.1. The minimum absolute atomic E-state index is 0.445. The molecule has 0 aliphatic carbocycles. The third-order valence-corrected chi connectivity index (χ3v) is 1.57. The molecule has 0 atom stereocenters. The maximum absolute atomic E-state index is 5.07. The van der Waals surface area contributed by atoms with Gasteiger partial charge in [-0.15, -0.1) is 0 Å². The van der Waals surface area contributed by atoms with Crippen LogP contribution in [0.5, 0.6) is 0 Å². The molecule has 1 saturated heterocycles. The molecule has 1 aliphatic heterocycles. The second-order valence-corrected chi connectivity index (χ2v) is 2.31. The molecule has 0 unspecified atom stereocenters. The summed E-state index contributed by atoms with van der Waals surface area (Å²) in [6, 6.07) is 0. The summed E-state index contributed by atoms with van der Waals surface area (Å²) in [5, 5.41) is 0. The summed E-state index contributed by atoms with van der Waals surface area (Å²) in [6.07, 6.45) is 0.445. The van der Waals surface area contributed by atoms with E-state index in [4.69, 9.17) is 9.47 Å². The maximum Gasteiger partial charge on any atom is 0.0988 e. The fourth-order valence-corrected chi connectivity index (χ4v) is 0.960. The molecular formula is C6H13NO2. The number of hydrogen-bond donors (Lipinski definition) is 0. The molecule has 0 aromatic rings. The molecule has 0 amide bonds. The van der Waals surface area contributed by atoms with Crippen LogP contribution in [0, 0.1) is 0 Å². The Labute approximate surface area is 55.5 Å². The van der Waals surface area contributed by atoms with E-state index in [-0.39, 0.29) is 0 Å². The normalized spacial score (nSPS) is 22.0. The van der Waals surface area contributed by atoms with Crippen molar-refractivity contribution in [3.05, 3.63) is 0 Å². The maximum atomic E-state index is 5.07.